The van der Waals surface area contributed by atoms with Crippen molar-refractivity contribution in [2.24, 2.45) is 5.10 Å². The van der Waals surface area contributed by atoms with Crippen molar-refractivity contribution in [1.82, 2.24) is 5.01 Å². The number of hydrogen-bond acceptors (Lipinski definition) is 5. The number of hydrazone groups is 1. The summed E-state index contributed by atoms with van der Waals surface area (Å²) in [4.78, 5) is 22.2. The van der Waals surface area contributed by atoms with Gasteiger partial charge in [-0.3, -0.25) is 14.9 Å². The molecule has 1 aliphatic rings. The van der Waals surface area contributed by atoms with Gasteiger partial charge in [0.15, 0.2) is 5.72 Å². The molecule has 2 rings (SSSR count). The van der Waals surface area contributed by atoms with Crippen molar-refractivity contribution in [3.05, 3.63) is 39.9 Å². The van der Waals surface area contributed by atoms with E-state index >= 15 is 0 Å². The highest BCUT2D eigenvalue weighted by atomic mass is 16.6. The van der Waals surface area contributed by atoms with Gasteiger partial charge in [-0.15, -0.1) is 0 Å². The number of rotatable bonds is 3. The first-order chi connectivity index (χ1) is 9.29. The smallest absolute Gasteiger partial charge is 0.269 e. The highest BCUT2D eigenvalue weighted by molar-refractivity contribution is 5.89. The van der Waals surface area contributed by atoms with Crippen LogP contribution in [0, 0.1) is 10.1 Å². The van der Waals surface area contributed by atoms with E-state index in [1.165, 1.54) is 31.2 Å². The molecule has 1 atom stereocenters. The molecule has 0 aliphatic carbocycles. The SMILES string of the molecule is CC1=NN(C(=O)Cc2ccc([N+](=O)[O-])cc2)[C@@](C)(O)C1. The largest absolute Gasteiger partial charge is 0.369 e. The molecule has 0 bridgehead atoms. The Kier molecular flexibility index (Phi) is 3.54. The van der Waals surface area contributed by atoms with Crippen LogP contribution >= 0.6 is 0 Å². The quantitative estimate of drug-likeness (QED) is 0.668. The third-order valence-electron chi connectivity index (χ3n) is 3.06. The number of aliphatic hydroxyl groups is 1. The van der Waals surface area contributed by atoms with E-state index in [1.54, 1.807) is 6.92 Å². The van der Waals surface area contributed by atoms with Crippen LogP contribution in [-0.4, -0.2) is 32.4 Å². The molecule has 7 heteroatoms. The maximum atomic E-state index is 12.1. The number of nitrogens with zero attached hydrogens (tertiary/aromatic N) is 3. The van der Waals surface area contributed by atoms with Crippen molar-refractivity contribution in [3.63, 3.8) is 0 Å². The number of nitro groups is 1. The molecule has 1 amide bonds. The Morgan fingerprint density at radius 2 is 2.10 bits per heavy atom. The fourth-order valence-corrected chi connectivity index (χ4v) is 2.18. The van der Waals surface area contributed by atoms with Gasteiger partial charge in [-0.05, 0) is 19.4 Å². The van der Waals surface area contributed by atoms with E-state index in [4.69, 9.17) is 0 Å². The predicted molar refractivity (Wildman–Crippen MR) is 72.0 cm³/mol. The summed E-state index contributed by atoms with van der Waals surface area (Å²) in [6.07, 6.45) is 0.351. The van der Waals surface area contributed by atoms with Crippen LogP contribution in [-0.2, 0) is 11.2 Å². The van der Waals surface area contributed by atoms with Crippen LogP contribution < -0.4 is 0 Å². The molecule has 1 aromatic rings. The first kappa shape index (κ1) is 14.1. The zero-order chi connectivity index (χ0) is 14.9. The molecule has 0 saturated heterocycles. The average molecular weight is 277 g/mol. The number of nitro benzene ring substituents is 1. The minimum absolute atomic E-state index is 0.0248. The number of hydrogen-bond donors (Lipinski definition) is 1. The molecule has 0 fully saturated rings. The number of carbonyl (C=O) groups excluding carboxylic acids is 1. The molecule has 7 nitrogen and oxygen atoms in total. The maximum Gasteiger partial charge on any atom is 0.269 e. The minimum Gasteiger partial charge on any atom is -0.369 e. The molecule has 1 N–H and O–H groups in total. The van der Waals surface area contributed by atoms with E-state index in [9.17, 15) is 20.0 Å². The molecule has 106 valence electrons. The van der Waals surface area contributed by atoms with Crippen molar-refractivity contribution >= 4 is 17.3 Å². The predicted octanol–water partition coefficient (Wildman–Crippen LogP) is 1.45. The van der Waals surface area contributed by atoms with E-state index in [1.807, 2.05) is 0 Å². The number of carbonyl (C=O) groups is 1. The van der Waals surface area contributed by atoms with Crippen LogP contribution in [0.3, 0.4) is 0 Å². The van der Waals surface area contributed by atoms with E-state index in [0.29, 0.717) is 17.7 Å². The minimum atomic E-state index is -1.30. The van der Waals surface area contributed by atoms with Gasteiger partial charge in [0.2, 0.25) is 5.91 Å². The standard InChI is InChI=1S/C13H15N3O4/c1-9-8-13(2,18)15(14-9)12(17)7-10-3-5-11(6-4-10)16(19)20/h3-6,18H,7-8H2,1-2H3/t13-/m0/s1. The zero-order valence-electron chi connectivity index (χ0n) is 11.2. The van der Waals surface area contributed by atoms with Gasteiger partial charge < -0.3 is 5.11 Å². The molecule has 0 radical (unpaired) electrons. The number of non-ortho nitro benzene ring substituents is 1. The maximum absolute atomic E-state index is 12.1. The Morgan fingerprint density at radius 1 is 1.50 bits per heavy atom. The summed E-state index contributed by atoms with van der Waals surface area (Å²) < 4.78 is 0. The third-order valence-corrected chi connectivity index (χ3v) is 3.06. The van der Waals surface area contributed by atoms with E-state index < -0.39 is 10.6 Å². The van der Waals surface area contributed by atoms with Gasteiger partial charge in [0.05, 0.1) is 11.3 Å². The summed E-state index contributed by atoms with van der Waals surface area (Å²) in [5.74, 6) is -0.347. The summed E-state index contributed by atoms with van der Waals surface area (Å²) in [5, 5.41) is 25.7. The van der Waals surface area contributed by atoms with Crippen molar-refractivity contribution < 1.29 is 14.8 Å². The molecular weight excluding hydrogens is 262 g/mol. The lowest BCUT2D eigenvalue weighted by Crippen LogP contribution is -2.43. The topological polar surface area (TPSA) is 96.0 Å². The van der Waals surface area contributed by atoms with Gasteiger partial charge >= 0.3 is 0 Å². The molecule has 0 spiro atoms. The lowest BCUT2D eigenvalue weighted by atomic mass is 10.1. The molecule has 20 heavy (non-hydrogen) atoms. The first-order valence-corrected chi connectivity index (χ1v) is 6.12. The highest BCUT2D eigenvalue weighted by Gasteiger charge is 2.38. The van der Waals surface area contributed by atoms with Gasteiger partial charge in [0.25, 0.3) is 5.69 Å². The van der Waals surface area contributed by atoms with E-state index in [-0.39, 0.29) is 18.0 Å². The summed E-state index contributed by atoms with van der Waals surface area (Å²) in [7, 11) is 0. The highest BCUT2D eigenvalue weighted by Crippen LogP contribution is 2.25. The second kappa shape index (κ2) is 5.01. The average Bonchev–Trinajstić information content (AvgIpc) is 2.63. The summed E-state index contributed by atoms with van der Waals surface area (Å²) >= 11 is 0. The van der Waals surface area contributed by atoms with Gasteiger partial charge in [-0.2, -0.15) is 5.10 Å². The zero-order valence-corrected chi connectivity index (χ0v) is 11.2. The van der Waals surface area contributed by atoms with Crippen molar-refractivity contribution in [3.8, 4) is 0 Å². The van der Waals surface area contributed by atoms with Crippen LogP contribution in [0.2, 0.25) is 0 Å². The Hall–Kier alpha value is -2.28. The fourth-order valence-electron chi connectivity index (χ4n) is 2.18. The Bertz CT molecular complexity index is 578. The van der Waals surface area contributed by atoms with Crippen molar-refractivity contribution in [1.29, 1.82) is 0 Å². The molecule has 0 unspecified atom stereocenters. The van der Waals surface area contributed by atoms with Gasteiger partial charge in [0, 0.05) is 24.3 Å². The number of amides is 1. The molecular formula is C13H15N3O4. The molecule has 0 aromatic heterocycles. The third kappa shape index (κ3) is 2.83. The normalized spacial score (nSPS) is 21.8. The van der Waals surface area contributed by atoms with Gasteiger partial charge in [0.1, 0.15) is 0 Å². The summed E-state index contributed by atoms with van der Waals surface area (Å²) in [5.41, 5.74) is -0.00600. The Morgan fingerprint density at radius 3 is 2.55 bits per heavy atom. The Labute approximate surface area is 115 Å². The molecule has 1 aliphatic heterocycles. The van der Waals surface area contributed by atoms with Crippen LogP contribution in [0.5, 0.6) is 0 Å². The van der Waals surface area contributed by atoms with Crippen LogP contribution in [0.4, 0.5) is 5.69 Å². The van der Waals surface area contributed by atoms with Gasteiger partial charge in [-0.1, -0.05) is 12.1 Å². The lowest BCUT2D eigenvalue weighted by molar-refractivity contribution is -0.384. The molecule has 0 saturated carbocycles. The van der Waals surface area contributed by atoms with E-state index in [2.05, 4.69) is 5.10 Å². The van der Waals surface area contributed by atoms with Crippen LogP contribution in [0.25, 0.3) is 0 Å². The Balaban J connectivity index is 2.10. The van der Waals surface area contributed by atoms with Gasteiger partial charge in [-0.25, -0.2) is 5.01 Å². The lowest BCUT2D eigenvalue weighted by Gasteiger charge is -2.27. The van der Waals surface area contributed by atoms with E-state index in [0.717, 1.165) is 5.01 Å². The second-order valence-corrected chi connectivity index (χ2v) is 5.03. The summed E-state index contributed by atoms with van der Waals surface area (Å²) in [6, 6.07) is 5.74. The second-order valence-electron chi connectivity index (χ2n) is 5.03. The molecule has 1 aromatic carbocycles. The monoisotopic (exact) mass is 277 g/mol. The number of benzene rings is 1. The van der Waals surface area contributed by atoms with Crippen molar-refractivity contribution in [2.45, 2.75) is 32.4 Å². The molecule has 1 heterocycles. The van der Waals surface area contributed by atoms with Crippen LogP contribution in [0.15, 0.2) is 29.4 Å². The summed E-state index contributed by atoms with van der Waals surface area (Å²) in [6.45, 7) is 3.27. The first-order valence-electron chi connectivity index (χ1n) is 6.12. The fraction of sp³-hybridized carbons (Fsp3) is 0.385. The van der Waals surface area contributed by atoms with Crippen molar-refractivity contribution in [2.75, 3.05) is 0 Å². The van der Waals surface area contributed by atoms with Crippen LogP contribution in [0.1, 0.15) is 25.8 Å².